The lowest BCUT2D eigenvalue weighted by molar-refractivity contribution is -0.201. The van der Waals surface area contributed by atoms with Gasteiger partial charge in [-0.15, -0.1) is 0 Å². The first-order chi connectivity index (χ1) is 25.5. The number of carbonyl (C=O) groups is 3. The monoisotopic (exact) mass is 764 g/mol. The molecular formula is C44H60O11. The lowest BCUT2D eigenvalue weighted by Gasteiger charge is -2.48. The maximum Gasteiger partial charge on any atom is 0.334 e. The molecule has 0 aromatic rings. The van der Waals surface area contributed by atoms with Gasteiger partial charge in [0.2, 0.25) is 0 Å². The van der Waals surface area contributed by atoms with Crippen LogP contribution in [0, 0.1) is 69.0 Å². The van der Waals surface area contributed by atoms with Gasteiger partial charge in [0.15, 0.2) is 23.3 Å². The predicted molar refractivity (Wildman–Crippen MR) is 201 cm³/mol. The van der Waals surface area contributed by atoms with Crippen LogP contribution in [0.5, 0.6) is 0 Å². The predicted octanol–water partition coefficient (Wildman–Crippen LogP) is 2.76. The normalized spacial score (nSPS) is 49.5. The Balaban J connectivity index is 0.000000174. The lowest BCUT2D eigenvalue weighted by Crippen LogP contribution is -2.65. The van der Waals surface area contributed by atoms with E-state index in [9.17, 15) is 50.1 Å². The molecule has 0 aliphatic heterocycles. The second kappa shape index (κ2) is 12.6. The van der Waals surface area contributed by atoms with Crippen molar-refractivity contribution in [2.24, 2.45) is 69.0 Å². The van der Waals surface area contributed by atoms with Crippen LogP contribution in [0.4, 0.5) is 0 Å². The van der Waals surface area contributed by atoms with Crippen LogP contribution in [-0.4, -0.2) is 102 Å². The van der Waals surface area contributed by atoms with Gasteiger partial charge < -0.3 is 40.5 Å². The number of rotatable bonds is 4. The molecule has 55 heavy (non-hydrogen) atoms. The summed E-state index contributed by atoms with van der Waals surface area (Å²) in [6, 6.07) is 0. The Bertz CT molecular complexity index is 1850. The van der Waals surface area contributed by atoms with Crippen LogP contribution in [-0.2, 0) is 19.1 Å². The molecule has 11 heteroatoms. The molecule has 4 fully saturated rings. The van der Waals surface area contributed by atoms with Gasteiger partial charge in [-0.1, -0.05) is 78.0 Å². The molecular weight excluding hydrogens is 704 g/mol. The summed E-state index contributed by atoms with van der Waals surface area (Å²) in [7, 11) is 0. The van der Waals surface area contributed by atoms with E-state index in [0.717, 1.165) is 12.8 Å². The van der Waals surface area contributed by atoms with Gasteiger partial charge in [-0.2, -0.15) is 0 Å². The molecule has 8 rings (SSSR count). The van der Waals surface area contributed by atoms with Crippen molar-refractivity contribution in [1.29, 1.82) is 0 Å². The first kappa shape index (κ1) is 40.4. The molecule has 8 aliphatic rings. The highest BCUT2D eigenvalue weighted by molar-refractivity contribution is 5.96. The smallest absolute Gasteiger partial charge is 0.334 e. The number of aliphatic hydroxyl groups is 7. The Morgan fingerprint density at radius 2 is 1.27 bits per heavy atom. The summed E-state index contributed by atoms with van der Waals surface area (Å²) in [6.07, 6.45) is 5.71. The van der Waals surface area contributed by atoms with Gasteiger partial charge in [0.1, 0.15) is 23.9 Å². The molecule has 0 heterocycles. The van der Waals surface area contributed by atoms with Crippen LogP contribution < -0.4 is 0 Å². The summed E-state index contributed by atoms with van der Waals surface area (Å²) >= 11 is 0. The van der Waals surface area contributed by atoms with Crippen LogP contribution >= 0.6 is 0 Å². The molecule has 7 N–H and O–H groups in total. The number of Topliss-reactive ketones (excluding diaryl/α,β-unsaturated/α-hetero) is 2. The zero-order chi connectivity index (χ0) is 40.7. The van der Waals surface area contributed by atoms with Crippen molar-refractivity contribution in [1.82, 2.24) is 0 Å². The molecule has 302 valence electrons. The summed E-state index contributed by atoms with van der Waals surface area (Å²) < 4.78 is 5.72. The Morgan fingerprint density at radius 1 is 0.818 bits per heavy atom. The van der Waals surface area contributed by atoms with E-state index < -0.39 is 77.5 Å². The Kier molecular flexibility index (Phi) is 9.27. The van der Waals surface area contributed by atoms with E-state index in [1.807, 2.05) is 13.8 Å². The first-order valence-electron chi connectivity index (χ1n) is 20.0. The number of allylic oxidation sites excluding steroid dienone is 3. The highest BCUT2D eigenvalue weighted by Crippen LogP contribution is 2.73. The standard InChI is InChI=1S/C25H34O6.C19H26O5/c1-7-12(2)22(29)31-21-13(3)10-24-14(4)8-17-18(23(17,5)6)16(20(24)28)9-15(11-26)19(27)25(21,24)30;1-9-6-12-14(17(12,2)3)11-7-10(8-20)15(22)19(24)13(21)4-5-18(9,19)16(11)23/h7,9-10,14,16-19,21,26-27,30H,8,11H2,1-6H3;4-5,7,9,11-15,20-22,24H,6,8H2,1-3H3/b12-7-;/t14-,16+,17-,18+,19-,21+,24+,25+;9-,11+,12-,13+,14+,15-,18+,19-/m11/s1. The van der Waals surface area contributed by atoms with Gasteiger partial charge in [0.05, 0.1) is 24.0 Å². The van der Waals surface area contributed by atoms with E-state index in [0.29, 0.717) is 23.0 Å². The lowest BCUT2D eigenvalue weighted by atomic mass is 9.59. The molecule has 11 nitrogen and oxygen atoms in total. The molecule has 0 unspecified atom stereocenters. The molecule has 0 amide bonds. The number of fused-ring (bicyclic) bond motifs is 6. The average Bonchev–Trinajstić information content (AvgIpc) is 3.83. The maximum atomic E-state index is 14.2. The first-order valence-corrected chi connectivity index (χ1v) is 20.0. The van der Waals surface area contributed by atoms with E-state index in [-0.39, 0.29) is 57.2 Å². The van der Waals surface area contributed by atoms with Crippen LogP contribution in [0.2, 0.25) is 0 Å². The number of esters is 1. The second-order valence-corrected chi connectivity index (χ2v) is 19.4. The number of hydrogen-bond donors (Lipinski definition) is 7. The van der Waals surface area contributed by atoms with E-state index in [2.05, 4.69) is 27.7 Å². The molecule has 0 aromatic heterocycles. The van der Waals surface area contributed by atoms with Gasteiger partial charge in [0, 0.05) is 17.4 Å². The van der Waals surface area contributed by atoms with Crippen molar-refractivity contribution < 1.29 is 54.9 Å². The summed E-state index contributed by atoms with van der Waals surface area (Å²) in [5.41, 5.74) is -5.43. The topological polar surface area (TPSA) is 202 Å². The summed E-state index contributed by atoms with van der Waals surface area (Å²) in [5, 5.41) is 76.1. The number of carbonyl (C=O) groups excluding carboxylic acids is 3. The maximum absolute atomic E-state index is 14.2. The fourth-order valence-corrected chi connectivity index (χ4v) is 13.0. The Morgan fingerprint density at radius 3 is 1.75 bits per heavy atom. The van der Waals surface area contributed by atoms with Crippen molar-refractivity contribution in [3.8, 4) is 0 Å². The van der Waals surface area contributed by atoms with Crippen molar-refractivity contribution in [3.63, 3.8) is 0 Å². The van der Waals surface area contributed by atoms with Gasteiger partial charge in [0.25, 0.3) is 0 Å². The van der Waals surface area contributed by atoms with E-state index in [4.69, 9.17) is 4.74 Å². The Hall–Kier alpha value is -2.77. The highest BCUT2D eigenvalue weighted by atomic mass is 16.6. The molecule has 0 aromatic carbocycles. The summed E-state index contributed by atoms with van der Waals surface area (Å²) in [6.45, 7) is 16.6. The molecule has 16 atom stereocenters. The summed E-state index contributed by atoms with van der Waals surface area (Å²) in [5.74, 6) is -1.40. The summed E-state index contributed by atoms with van der Waals surface area (Å²) in [4.78, 5) is 40.4. The van der Waals surface area contributed by atoms with E-state index >= 15 is 0 Å². The number of ether oxygens (including phenoxy) is 1. The molecule has 4 bridgehead atoms. The van der Waals surface area contributed by atoms with E-state index in [1.165, 1.54) is 6.08 Å². The highest BCUT2D eigenvalue weighted by Gasteiger charge is 2.77. The van der Waals surface area contributed by atoms with Crippen LogP contribution in [0.25, 0.3) is 0 Å². The van der Waals surface area contributed by atoms with Gasteiger partial charge >= 0.3 is 5.97 Å². The third-order valence-electron chi connectivity index (χ3n) is 16.5. The Labute approximate surface area is 323 Å². The molecule has 2 spiro atoms. The quantitative estimate of drug-likeness (QED) is 0.126. The number of ketones is 2. The molecule has 8 aliphatic carbocycles. The van der Waals surface area contributed by atoms with E-state index in [1.54, 1.807) is 51.2 Å². The van der Waals surface area contributed by atoms with Crippen molar-refractivity contribution in [3.05, 3.63) is 58.7 Å². The number of aliphatic hydroxyl groups excluding tert-OH is 5. The van der Waals surface area contributed by atoms with Crippen LogP contribution in [0.3, 0.4) is 0 Å². The van der Waals surface area contributed by atoms with Crippen molar-refractivity contribution in [2.45, 2.75) is 111 Å². The third kappa shape index (κ3) is 4.84. The van der Waals surface area contributed by atoms with Gasteiger partial charge in [-0.25, -0.2) is 4.79 Å². The largest absolute Gasteiger partial charge is 0.451 e. The van der Waals surface area contributed by atoms with Crippen LogP contribution in [0.1, 0.15) is 75.2 Å². The van der Waals surface area contributed by atoms with Gasteiger partial charge in [-0.05, 0) is 96.7 Å². The molecule has 0 saturated heterocycles. The third-order valence-corrected chi connectivity index (χ3v) is 16.5. The zero-order valence-electron chi connectivity index (χ0n) is 33.5. The number of hydrogen-bond acceptors (Lipinski definition) is 11. The minimum Gasteiger partial charge on any atom is -0.451 e. The zero-order valence-corrected chi connectivity index (χ0v) is 33.5. The van der Waals surface area contributed by atoms with Crippen molar-refractivity contribution in [2.75, 3.05) is 13.2 Å². The SMILES string of the molecule is C/C=C(/C)C(=O)O[C@H]1C(C)=C[C@]23C(=O)[C@@H](C=C(CO)[C@@H](O)[C@]12O)[C@H]1[C@@H](C[C@H]3C)C1(C)C.C[C@@H]1C[C@@H]2[C@H]([C@@H]3C=C(CO)[C@@H](O)[C@]4(O)[C@@H](O)C=C[C@@]14C3=O)C2(C)C. The average molecular weight is 765 g/mol. The minimum absolute atomic E-state index is 0.0209. The fraction of sp³-hybridized carbons (Fsp3) is 0.705. The molecule has 0 radical (unpaired) electrons. The minimum atomic E-state index is -2.08. The van der Waals surface area contributed by atoms with Gasteiger partial charge in [-0.3, -0.25) is 9.59 Å². The second-order valence-electron chi connectivity index (χ2n) is 19.4. The van der Waals surface area contributed by atoms with Crippen LogP contribution in [0.15, 0.2) is 58.7 Å². The van der Waals surface area contributed by atoms with Crippen molar-refractivity contribution >= 4 is 17.5 Å². The molecule has 4 saturated carbocycles. The fourth-order valence-electron chi connectivity index (χ4n) is 13.0.